The van der Waals surface area contributed by atoms with Crippen LogP contribution in [0.1, 0.15) is 15.9 Å². The normalized spacial score (nSPS) is 11.1. The minimum atomic E-state index is -1.22. The van der Waals surface area contributed by atoms with Crippen LogP contribution in [0.25, 0.3) is 17.2 Å². The molecule has 3 rings (SSSR count). The van der Waals surface area contributed by atoms with E-state index in [1.165, 1.54) is 6.08 Å². The molecule has 0 bridgehead atoms. The zero-order valence-corrected chi connectivity index (χ0v) is 15.0. The third-order valence-electron chi connectivity index (χ3n) is 3.90. The highest BCUT2D eigenvalue weighted by molar-refractivity contribution is 6.33. The molecular weight excluding hydrogens is 362 g/mol. The summed E-state index contributed by atoms with van der Waals surface area (Å²) in [6.45, 7) is 0. The first-order valence-electron chi connectivity index (χ1n) is 8.21. The summed E-state index contributed by atoms with van der Waals surface area (Å²) in [7, 11) is 0. The van der Waals surface area contributed by atoms with Gasteiger partial charge in [0.05, 0.1) is 0 Å². The van der Waals surface area contributed by atoms with Crippen LogP contribution in [0.2, 0.25) is 5.02 Å². The van der Waals surface area contributed by atoms with Gasteiger partial charge in [0.2, 0.25) is 0 Å². The average molecular weight is 378 g/mol. The molecule has 3 aromatic carbocycles. The Kier molecular flexibility index (Phi) is 5.69. The summed E-state index contributed by atoms with van der Waals surface area (Å²) < 4.78 is 0. The molecular formula is C22H16ClNO3. The second-order valence-corrected chi connectivity index (χ2v) is 6.20. The van der Waals surface area contributed by atoms with Crippen LogP contribution in [0.3, 0.4) is 0 Å². The molecule has 0 heterocycles. The number of nitrogens with one attached hydrogen (secondary N) is 1. The van der Waals surface area contributed by atoms with Crippen LogP contribution in [-0.4, -0.2) is 17.0 Å². The Morgan fingerprint density at radius 1 is 0.889 bits per heavy atom. The van der Waals surface area contributed by atoms with Gasteiger partial charge in [0.15, 0.2) is 0 Å². The molecule has 0 aliphatic rings. The highest BCUT2D eigenvalue weighted by Gasteiger charge is 2.13. The molecule has 2 N–H and O–H groups in total. The van der Waals surface area contributed by atoms with E-state index in [0.29, 0.717) is 16.1 Å². The monoisotopic (exact) mass is 377 g/mol. The SMILES string of the molecule is O=C(O)/C(=C\c1cccc(-c2ccccc2Cl)c1)NC(=O)c1ccccc1. The lowest BCUT2D eigenvalue weighted by molar-refractivity contribution is -0.132. The smallest absolute Gasteiger partial charge is 0.352 e. The van der Waals surface area contributed by atoms with Gasteiger partial charge in [-0.2, -0.15) is 0 Å². The third kappa shape index (κ3) is 4.63. The van der Waals surface area contributed by atoms with Gasteiger partial charge >= 0.3 is 5.97 Å². The fourth-order valence-electron chi connectivity index (χ4n) is 2.59. The molecule has 0 aromatic heterocycles. The lowest BCUT2D eigenvalue weighted by Gasteiger charge is -2.08. The van der Waals surface area contributed by atoms with Crippen molar-refractivity contribution in [3.8, 4) is 11.1 Å². The molecule has 0 aliphatic heterocycles. The van der Waals surface area contributed by atoms with E-state index in [0.717, 1.165) is 11.1 Å². The summed E-state index contributed by atoms with van der Waals surface area (Å²) in [6, 6.07) is 23.1. The number of carboxylic acid groups (broad SMARTS) is 1. The van der Waals surface area contributed by atoms with Crippen LogP contribution in [0.5, 0.6) is 0 Å². The number of benzene rings is 3. The summed E-state index contributed by atoms with van der Waals surface area (Å²) in [5.74, 6) is -1.70. The van der Waals surface area contributed by atoms with Gasteiger partial charge in [0.25, 0.3) is 5.91 Å². The molecule has 0 saturated carbocycles. The van der Waals surface area contributed by atoms with Crippen molar-refractivity contribution in [3.63, 3.8) is 0 Å². The molecule has 0 radical (unpaired) electrons. The van der Waals surface area contributed by atoms with E-state index >= 15 is 0 Å². The Balaban J connectivity index is 1.91. The van der Waals surface area contributed by atoms with Crippen LogP contribution in [0.4, 0.5) is 0 Å². The second-order valence-electron chi connectivity index (χ2n) is 5.79. The van der Waals surface area contributed by atoms with Gasteiger partial charge in [-0.1, -0.05) is 66.2 Å². The zero-order valence-electron chi connectivity index (χ0n) is 14.2. The van der Waals surface area contributed by atoms with Crippen molar-refractivity contribution in [1.82, 2.24) is 5.32 Å². The molecule has 4 nitrogen and oxygen atoms in total. The van der Waals surface area contributed by atoms with E-state index in [2.05, 4.69) is 5.32 Å². The quantitative estimate of drug-likeness (QED) is 0.624. The molecule has 0 atom stereocenters. The molecule has 3 aromatic rings. The number of hydrogen-bond donors (Lipinski definition) is 2. The van der Waals surface area contributed by atoms with Crippen molar-refractivity contribution in [2.24, 2.45) is 0 Å². The van der Waals surface area contributed by atoms with Crippen LogP contribution in [0.15, 0.2) is 84.6 Å². The topological polar surface area (TPSA) is 66.4 Å². The van der Waals surface area contributed by atoms with E-state index < -0.39 is 11.9 Å². The van der Waals surface area contributed by atoms with Gasteiger partial charge in [0.1, 0.15) is 5.70 Å². The number of hydrogen-bond acceptors (Lipinski definition) is 2. The Morgan fingerprint density at radius 2 is 1.59 bits per heavy atom. The first-order valence-corrected chi connectivity index (χ1v) is 8.59. The van der Waals surface area contributed by atoms with Gasteiger partial charge in [-0.25, -0.2) is 4.79 Å². The van der Waals surface area contributed by atoms with Crippen molar-refractivity contribution in [1.29, 1.82) is 0 Å². The summed E-state index contributed by atoms with van der Waals surface area (Å²) in [5, 5.41) is 12.5. The predicted molar refractivity (Wildman–Crippen MR) is 106 cm³/mol. The molecule has 134 valence electrons. The number of amides is 1. The summed E-state index contributed by atoms with van der Waals surface area (Å²) >= 11 is 6.24. The Labute approximate surface area is 161 Å². The zero-order chi connectivity index (χ0) is 19.2. The standard InChI is InChI=1S/C22H16ClNO3/c23-19-12-5-4-11-18(19)17-10-6-7-15(13-17)14-20(22(26)27)24-21(25)16-8-2-1-3-9-16/h1-14H,(H,24,25)(H,26,27)/b20-14+. The van der Waals surface area contributed by atoms with Gasteiger partial charge in [-0.15, -0.1) is 0 Å². The summed E-state index contributed by atoms with van der Waals surface area (Å²) in [4.78, 5) is 23.8. The number of halogens is 1. The predicted octanol–water partition coefficient (Wildman–Crippen LogP) is 4.86. The van der Waals surface area contributed by atoms with Gasteiger partial charge in [-0.3, -0.25) is 4.79 Å². The van der Waals surface area contributed by atoms with Crippen LogP contribution < -0.4 is 5.32 Å². The minimum Gasteiger partial charge on any atom is -0.477 e. The largest absolute Gasteiger partial charge is 0.477 e. The molecule has 0 spiro atoms. The van der Waals surface area contributed by atoms with Gasteiger partial charge in [0, 0.05) is 16.1 Å². The maximum Gasteiger partial charge on any atom is 0.352 e. The fraction of sp³-hybridized carbons (Fsp3) is 0. The summed E-state index contributed by atoms with van der Waals surface area (Å²) in [5.41, 5.74) is 2.51. The minimum absolute atomic E-state index is 0.208. The summed E-state index contributed by atoms with van der Waals surface area (Å²) in [6.07, 6.45) is 1.42. The molecule has 0 unspecified atom stereocenters. The van der Waals surface area contributed by atoms with Crippen molar-refractivity contribution >= 4 is 29.6 Å². The van der Waals surface area contributed by atoms with E-state index in [9.17, 15) is 14.7 Å². The highest BCUT2D eigenvalue weighted by atomic mass is 35.5. The van der Waals surface area contributed by atoms with E-state index in [1.807, 2.05) is 36.4 Å². The maximum absolute atomic E-state index is 12.3. The highest BCUT2D eigenvalue weighted by Crippen LogP contribution is 2.28. The van der Waals surface area contributed by atoms with Crippen LogP contribution in [0, 0.1) is 0 Å². The Hall–Kier alpha value is -3.37. The lowest BCUT2D eigenvalue weighted by Crippen LogP contribution is -2.27. The molecule has 5 heteroatoms. The number of carbonyl (C=O) groups excluding carboxylic acids is 1. The van der Waals surface area contributed by atoms with E-state index in [4.69, 9.17) is 11.6 Å². The molecule has 0 saturated heterocycles. The second kappa shape index (κ2) is 8.34. The van der Waals surface area contributed by atoms with Gasteiger partial charge in [-0.05, 0) is 41.5 Å². The number of rotatable bonds is 5. The Bertz CT molecular complexity index is 1010. The first kappa shape index (κ1) is 18.4. The van der Waals surface area contributed by atoms with Crippen molar-refractivity contribution in [3.05, 3.63) is 101 Å². The van der Waals surface area contributed by atoms with Gasteiger partial charge < -0.3 is 10.4 Å². The number of carboxylic acids is 1. The molecule has 27 heavy (non-hydrogen) atoms. The average Bonchev–Trinajstić information content (AvgIpc) is 2.68. The van der Waals surface area contributed by atoms with E-state index in [-0.39, 0.29) is 5.70 Å². The number of carbonyl (C=O) groups is 2. The van der Waals surface area contributed by atoms with Crippen LogP contribution >= 0.6 is 11.6 Å². The Morgan fingerprint density at radius 3 is 2.30 bits per heavy atom. The van der Waals surface area contributed by atoms with Crippen LogP contribution in [-0.2, 0) is 4.79 Å². The number of aliphatic carboxylic acids is 1. The third-order valence-corrected chi connectivity index (χ3v) is 4.23. The molecule has 0 fully saturated rings. The van der Waals surface area contributed by atoms with Crippen molar-refractivity contribution < 1.29 is 14.7 Å². The maximum atomic E-state index is 12.3. The molecule has 0 aliphatic carbocycles. The first-order chi connectivity index (χ1) is 13.0. The fourth-order valence-corrected chi connectivity index (χ4v) is 2.84. The van der Waals surface area contributed by atoms with Crippen molar-refractivity contribution in [2.45, 2.75) is 0 Å². The molecule has 1 amide bonds. The lowest BCUT2D eigenvalue weighted by atomic mass is 10.0. The van der Waals surface area contributed by atoms with Crippen molar-refractivity contribution in [2.75, 3.05) is 0 Å². The van der Waals surface area contributed by atoms with E-state index in [1.54, 1.807) is 42.5 Å².